The second-order valence-corrected chi connectivity index (χ2v) is 23.3. The molecule has 1 aliphatic heterocycles. The maximum Gasteiger partial charge on any atom is 0.244 e. The van der Waals surface area contributed by atoms with Crippen molar-refractivity contribution in [3.8, 4) is 11.3 Å². The van der Waals surface area contributed by atoms with E-state index in [-0.39, 0.29) is 30.9 Å². The summed E-state index contributed by atoms with van der Waals surface area (Å²) in [5.41, 5.74) is 4.49. The summed E-state index contributed by atoms with van der Waals surface area (Å²) in [6.45, 7) is 13.5. The zero-order valence-corrected chi connectivity index (χ0v) is 34.8. The lowest BCUT2D eigenvalue weighted by molar-refractivity contribution is -0.124. The molecule has 2 N–H and O–H groups in total. The van der Waals surface area contributed by atoms with Crippen molar-refractivity contribution in [2.45, 2.75) is 56.9 Å². The van der Waals surface area contributed by atoms with Gasteiger partial charge in [-0.05, 0) is 49.3 Å². The Morgan fingerprint density at radius 3 is 2.39 bits per heavy atom. The lowest BCUT2D eigenvalue weighted by Gasteiger charge is -2.37. The molecule has 15 heteroatoms. The molecule has 6 rings (SSSR count). The summed E-state index contributed by atoms with van der Waals surface area (Å²) in [5, 5.41) is 6.97. The van der Waals surface area contributed by atoms with Gasteiger partial charge < -0.3 is 29.6 Å². The summed E-state index contributed by atoms with van der Waals surface area (Å²) >= 11 is 0. The van der Waals surface area contributed by atoms with Crippen molar-refractivity contribution in [2.75, 3.05) is 63.3 Å². The first-order chi connectivity index (χ1) is 26.7. The van der Waals surface area contributed by atoms with E-state index in [0.29, 0.717) is 24.6 Å². The molecular formula is C41H52FN7O5SSi. The van der Waals surface area contributed by atoms with Crippen LogP contribution in [0.4, 0.5) is 21.7 Å². The van der Waals surface area contributed by atoms with Crippen LogP contribution in [0.25, 0.3) is 22.2 Å². The Bertz CT molecular complexity index is 2260. The van der Waals surface area contributed by atoms with Crippen LogP contribution in [0.2, 0.25) is 25.7 Å². The number of halogens is 1. The molecule has 298 valence electrons. The van der Waals surface area contributed by atoms with Crippen LogP contribution >= 0.6 is 0 Å². The van der Waals surface area contributed by atoms with Crippen LogP contribution in [0.3, 0.4) is 0 Å². The van der Waals surface area contributed by atoms with Crippen molar-refractivity contribution < 1.29 is 27.1 Å². The van der Waals surface area contributed by atoms with E-state index in [0.717, 1.165) is 66.1 Å². The number of ether oxygens (including phenoxy) is 2. The Kier molecular flexibility index (Phi) is 13.0. The highest BCUT2D eigenvalue weighted by molar-refractivity contribution is 7.90. The number of rotatable bonds is 16. The molecule has 0 aliphatic carbocycles. The van der Waals surface area contributed by atoms with E-state index in [1.807, 2.05) is 66.2 Å². The Hall–Kier alpha value is -4.51. The van der Waals surface area contributed by atoms with Gasteiger partial charge in [0.1, 0.15) is 17.7 Å². The third kappa shape index (κ3) is 10.3. The summed E-state index contributed by atoms with van der Waals surface area (Å²) in [6, 6.07) is 20.3. The molecule has 1 unspecified atom stereocenters. The first kappa shape index (κ1) is 41.1. The quantitative estimate of drug-likeness (QED) is 0.0814. The number of aryl methyl sites for hydroxylation is 1. The monoisotopic (exact) mass is 801 g/mol. The number of nitrogens with zero attached hydrogens (tertiary/aromatic N) is 5. The molecule has 3 heterocycles. The minimum atomic E-state index is -3.80. The molecule has 1 amide bonds. The lowest BCUT2D eigenvalue weighted by atomic mass is 10.1. The molecule has 1 fully saturated rings. The third-order valence-electron chi connectivity index (χ3n) is 9.89. The van der Waals surface area contributed by atoms with Gasteiger partial charge in [0.25, 0.3) is 0 Å². The van der Waals surface area contributed by atoms with Gasteiger partial charge in [-0.25, -0.2) is 22.8 Å². The predicted octanol–water partition coefficient (Wildman–Crippen LogP) is 6.78. The summed E-state index contributed by atoms with van der Waals surface area (Å²) in [6.07, 6.45) is 4.56. The average Bonchev–Trinajstić information content (AvgIpc) is 3.52. The number of hydrogen-bond donors (Lipinski definition) is 2. The van der Waals surface area contributed by atoms with Gasteiger partial charge in [-0.1, -0.05) is 68.2 Å². The Morgan fingerprint density at radius 2 is 1.68 bits per heavy atom. The Balaban J connectivity index is 1.34. The fourth-order valence-corrected chi connectivity index (χ4v) is 8.16. The number of amides is 1. The zero-order chi connectivity index (χ0) is 40.0. The van der Waals surface area contributed by atoms with Crippen LogP contribution < -0.4 is 10.6 Å². The van der Waals surface area contributed by atoms with E-state index < -0.39 is 34.7 Å². The first-order valence-electron chi connectivity index (χ1n) is 18.8. The fraction of sp³-hybridized carbons (Fsp3) is 0.390. The average molecular weight is 802 g/mol. The van der Waals surface area contributed by atoms with Crippen molar-refractivity contribution in [2.24, 2.45) is 0 Å². The van der Waals surface area contributed by atoms with Gasteiger partial charge in [-0.15, -0.1) is 0 Å². The van der Waals surface area contributed by atoms with E-state index in [2.05, 4.69) is 52.1 Å². The number of carbonyl (C=O) groups is 1. The first-order valence-corrected chi connectivity index (χ1v) is 24.4. The number of likely N-dealkylation sites (N-methyl/N-ethyl adjacent to an activating group) is 1. The topological polar surface area (TPSA) is 131 Å². The molecule has 1 atom stereocenters. The number of carbonyl (C=O) groups excluding carboxylic acids is 1. The molecular weight excluding hydrogens is 750 g/mol. The number of para-hydroxylation sites is 1. The van der Waals surface area contributed by atoms with E-state index in [9.17, 15) is 13.2 Å². The normalized spacial score (nSPS) is 14.9. The van der Waals surface area contributed by atoms with E-state index in [1.54, 1.807) is 6.20 Å². The zero-order valence-electron chi connectivity index (χ0n) is 33.0. The molecule has 0 saturated carbocycles. The molecule has 56 heavy (non-hydrogen) atoms. The van der Waals surface area contributed by atoms with Gasteiger partial charge in [0.05, 0.1) is 35.8 Å². The summed E-state index contributed by atoms with van der Waals surface area (Å²) in [7, 11) is -3.07. The van der Waals surface area contributed by atoms with Crippen molar-refractivity contribution >= 4 is 52.0 Å². The highest BCUT2D eigenvalue weighted by atomic mass is 32.2. The second-order valence-electron chi connectivity index (χ2n) is 15.6. The molecule has 3 aromatic carbocycles. The van der Waals surface area contributed by atoms with E-state index in [4.69, 9.17) is 14.5 Å². The Morgan fingerprint density at radius 1 is 0.964 bits per heavy atom. The third-order valence-corrected chi connectivity index (χ3v) is 12.7. The second kappa shape index (κ2) is 17.7. The van der Waals surface area contributed by atoms with Crippen LogP contribution in [0.15, 0.2) is 84.0 Å². The number of hydrogen-bond acceptors (Lipinski definition) is 10. The molecule has 1 aliphatic rings. The van der Waals surface area contributed by atoms with Crippen LogP contribution in [-0.2, 0) is 37.4 Å². The molecule has 12 nitrogen and oxygen atoms in total. The number of aromatic nitrogens is 3. The summed E-state index contributed by atoms with van der Waals surface area (Å²) in [5.74, 6) is -0.974. The van der Waals surface area contributed by atoms with Gasteiger partial charge >= 0.3 is 0 Å². The highest BCUT2D eigenvalue weighted by Gasteiger charge is 2.30. The van der Waals surface area contributed by atoms with Crippen molar-refractivity contribution in [1.29, 1.82) is 0 Å². The number of sulfone groups is 1. The largest absolute Gasteiger partial charge is 0.375 e. The minimum absolute atomic E-state index is 0.0615. The van der Waals surface area contributed by atoms with Gasteiger partial charge in [0, 0.05) is 70.5 Å². The summed E-state index contributed by atoms with van der Waals surface area (Å²) < 4.78 is 54.1. The lowest BCUT2D eigenvalue weighted by Crippen LogP contribution is -2.54. The van der Waals surface area contributed by atoms with Crippen LogP contribution in [0.1, 0.15) is 11.1 Å². The van der Waals surface area contributed by atoms with E-state index >= 15 is 4.39 Å². The summed E-state index contributed by atoms with van der Waals surface area (Å²) in [4.78, 5) is 27.6. The number of piperazine rings is 1. The molecule has 2 aromatic heterocycles. The predicted molar refractivity (Wildman–Crippen MR) is 222 cm³/mol. The fourth-order valence-electron chi connectivity index (χ4n) is 6.64. The standard InChI is InChI=1S/C41H52FN7O5SSi/c1-29-24-43-41(45-33-15-11-17-36(37(33)42)55(3,51)52)46-38(29)32-25-49(28-53-22-23-56(4,5)6)39-31(32)14-10-16-34(39)44-40(50)35(48-20-18-47(2)19-21-48)27-54-26-30-12-8-7-9-13-30/h7-17,24-25,35H,18-23,26-28H2,1-6H3,(H,44,50)(H,43,45,46). The van der Waals surface area contributed by atoms with Crippen LogP contribution in [0, 0.1) is 12.7 Å². The maximum absolute atomic E-state index is 15.3. The van der Waals surface area contributed by atoms with Crippen molar-refractivity contribution in [3.05, 3.63) is 96.1 Å². The van der Waals surface area contributed by atoms with Gasteiger partial charge in [-0.3, -0.25) is 9.69 Å². The molecule has 1 saturated heterocycles. The molecule has 0 radical (unpaired) electrons. The smallest absolute Gasteiger partial charge is 0.244 e. The van der Waals surface area contributed by atoms with Gasteiger partial charge in [0.2, 0.25) is 11.9 Å². The molecule has 0 bridgehead atoms. The number of fused-ring (bicyclic) bond motifs is 1. The van der Waals surface area contributed by atoms with Crippen LogP contribution in [0.5, 0.6) is 0 Å². The van der Waals surface area contributed by atoms with E-state index in [1.165, 1.54) is 18.2 Å². The SMILES string of the molecule is Cc1cnc(Nc2cccc(S(C)(=O)=O)c2F)nc1-c1cn(COCC[Si](C)(C)C)c2c(NC(=O)C(COCc3ccccc3)N3CCN(C)CC3)cccc12. The minimum Gasteiger partial charge on any atom is -0.375 e. The van der Waals surface area contributed by atoms with Gasteiger partial charge in [0.15, 0.2) is 15.7 Å². The maximum atomic E-state index is 15.3. The highest BCUT2D eigenvalue weighted by Crippen LogP contribution is 2.36. The Labute approximate surface area is 330 Å². The van der Waals surface area contributed by atoms with Crippen molar-refractivity contribution in [1.82, 2.24) is 24.3 Å². The van der Waals surface area contributed by atoms with Crippen molar-refractivity contribution in [3.63, 3.8) is 0 Å². The molecule has 0 spiro atoms. The van der Waals surface area contributed by atoms with Gasteiger partial charge in [-0.2, -0.15) is 0 Å². The number of benzene rings is 3. The molecule has 5 aromatic rings. The number of nitrogens with one attached hydrogen (secondary N) is 2. The van der Waals surface area contributed by atoms with Crippen LogP contribution in [-0.4, -0.2) is 105 Å². The number of anilines is 3.